The van der Waals surface area contributed by atoms with Gasteiger partial charge in [-0.1, -0.05) is 26.0 Å². The van der Waals surface area contributed by atoms with E-state index in [1.54, 1.807) is 0 Å². The molecule has 1 aromatic rings. The molecule has 0 aromatic heterocycles. The SMILES string of the molecule is CC1(C)CCC(c2ccc(NC3CCC(NC(=O)[C@H]4CNC(=O)N4)C3)cc2)CC1. The molecule has 0 spiro atoms. The molecule has 0 bridgehead atoms. The first-order valence-electron chi connectivity index (χ1n) is 11.1. The van der Waals surface area contributed by atoms with Crippen LogP contribution < -0.4 is 21.3 Å². The second kappa shape index (κ2) is 8.25. The van der Waals surface area contributed by atoms with E-state index in [1.807, 2.05) is 0 Å². The van der Waals surface area contributed by atoms with Gasteiger partial charge in [0.2, 0.25) is 5.91 Å². The van der Waals surface area contributed by atoms with Crippen molar-refractivity contribution in [3.05, 3.63) is 29.8 Å². The Bertz CT molecular complexity index is 736. The van der Waals surface area contributed by atoms with Gasteiger partial charge in [0.1, 0.15) is 6.04 Å². The smallest absolute Gasteiger partial charge is 0.315 e. The molecule has 1 aromatic carbocycles. The number of urea groups is 1. The summed E-state index contributed by atoms with van der Waals surface area (Å²) >= 11 is 0. The Hall–Kier alpha value is -2.24. The highest BCUT2D eigenvalue weighted by Gasteiger charge is 2.31. The van der Waals surface area contributed by atoms with Crippen molar-refractivity contribution in [1.82, 2.24) is 16.0 Å². The van der Waals surface area contributed by atoms with Gasteiger partial charge in [-0.15, -0.1) is 0 Å². The van der Waals surface area contributed by atoms with Crippen LogP contribution in [0.15, 0.2) is 24.3 Å². The highest BCUT2D eigenvalue weighted by molar-refractivity contribution is 5.90. The first kappa shape index (κ1) is 20.0. The molecule has 4 N–H and O–H groups in total. The van der Waals surface area contributed by atoms with Gasteiger partial charge in [-0.2, -0.15) is 0 Å². The largest absolute Gasteiger partial charge is 0.382 e. The third kappa shape index (κ3) is 5.03. The van der Waals surface area contributed by atoms with Crippen LogP contribution in [-0.4, -0.2) is 36.6 Å². The minimum absolute atomic E-state index is 0.0889. The maximum Gasteiger partial charge on any atom is 0.315 e. The number of hydrogen-bond acceptors (Lipinski definition) is 3. The van der Waals surface area contributed by atoms with E-state index in [-0.39, 0.29) is 18.0 Å². The van der Waals surface area contributed by atoms with Gasteiger partial charge in [0, 0.05) is 24.3 Å². The summed E-state index contributed by atoms with van der Waals surface area (Å²) in [6.45, 7) is 5.13. The average Bonchev–Trinajstić information content (AvgIpc) is 3.31. The number of amides is 3. The highest BCUT2D eigenvalue weighted by Crippen LogP contribution is 2.42. The highest BCUT2D eigenvalue weighted by atomic mass is 16.2. The van der Waals surface area contributed by atoms with Gasteiger partial charge in [0.15, 0.2) is 0 Å². The van der Waals surface area contributed by atoms with E-state index in [0.717, 1.165) is 24.9 Å². The fourth-order valence-corrected chi connectivity index (χ4v) is 4.98. The second-order valence-electron chi connectivity index (χ2n) is 9.83. The van der Waals surface area contributed by atoms with Crippen LogP contribution in [0.3, 0.4) is 0 Å². The summed E-state index contributed by atoms with van der Waals surface area (Å²) in [5.41, 5.74) is 3.13. The average molecular weight is 399 g/mol. The molecule has 3 aliphatic rings. The molecule has 1 aliphatic heterocycles. The molecule has 6 heteroatoms. The Balaban J connectivity index is 1.24. The molecule has 3 atom stereocenters. The monoisotopic (exact) mass is 398 g/mol. The standard InChI is InChI=1S/C23H34N4O2/c1-23(2)11-9-16(10-12-23)15-3-5-17(6-4-15)25-18-7-8-19(13-18)26-21(28)20-14-24-22(29)27-20/h3-6,16,18-20,25H,7-14H2,1-2H3,(H,26,28)(H2,24,27,29)/t18?,19?,20-/m1/s1. The van der Waals surface area contributed by atoms with E-state index in [2.05, 4.69) is 59.4 Å². The van der Waals surface area contributed by atoms with Crippen LogP contribution in [0.2, 0.25) is 0 Å². The van der Waals surface area contributed by atoms with Crippen LogP contribution in [0, 0.1) is 5.41 Å². The molecule has 6 nitrogen and oxygen atoms in total. The topological polar surface area (TPSA) is 82.3 Å². The number of nitrogens with one attached hydrogen (secondary N) is 4. The van der Waals surface area contributed by atoms with Gasteiger partial charge >= 0.3 is 6.03 Å². The molecule has 2 unspecified atom stereocenters. The molecule has 1 saturated heterocycles. The minimum Gasteiger partial charge on any atom is -0.382 e. The van der Waals surface area contributed by atoms with Crippen LogP contribution in [0.25, 0.3) is 0 Å². The van der Waals surface area contributed by atoms with Crippen LogP contribution in [-0.2, 0) is 4.79 Å². The van der Waals surface area contributed by atoms with Gasteiger partial charge in [-0.3, -0.25) is 4.79 Å². The van der Waals surface area contributed by atoms with Crippen molar-refractivity contribution in [2.45, 2.75) is 82.8 Å². The third-order valence-electron chi connectivity index (χ3n) is 6.96. The molecule has 2 aliphatic carbocycles. The van der Waals surface area contributed by atoms with Crippen molar-refractivity contribution in [2.75, 3.05) is 11.9 Å². The normalized spacial score (nSPS) is 29.2. The molecule has 3 fully saturated rings. The van der Waals surface area contributed by atoms with Crippen molar-refractivity contribution < 1.29 is 9.59 Å². The van der Waals surface area contributed by atoms with Gasteiger partial charge in [-0.05, 0) is 74.0 Å². The fourth-order valence-electron chi connectivity index (χ4n) is 4.98. The molecule has 2 saturated carbocycles. The Morgan fingerprint density at radius 2 is 1.72 bits per heavy atom. The van der Waals surface area contributed by atoms with E-state index in [9.17, 15) is 9.59 Å². The lowest BCUT2D eigenvalue weighted by Crippen LogP contribution is -2.46. The summed E-state index contributed by atoms with van der Waals surface area (Å²) in [6.07, 6.45) is 8.13. The summed E-state index contributed by atoms with van der Waals surface area (Å²) in [5, 5.41) is 12.0. The van der Waals surface area contributed by atoms with Crippen LogP contribution in [0.1, 0.15) is 70.3 Å². The summed E-state index contributed by atoms with van der Waals surface area (Å²) in [7, 11) is 0. The lowest BCUT2D eigenvalue weighted by atomic mass is 9.71. The number of carbonyl (C=O) groups excluding carboxylic acids is 2. The molecule has 0 radical (unpaired) electrons. The van der Waals surface area contributed by atoms with Gasteiger partial charge in [0.25, 0.3) is 0 Å². The molecular formula is C23H34N4O2. The Morgan fingerprint density at radius 1 is 1.03 bits per heavy atom. The van der Waals surface area contributed by atoms with Crippen molar-refractivity contribution >= 4 is 17.6 Å². The van der Waals surface area contributed by atoms with E-state index in [1.165, 1.54) is 31.2 Å². The molecule has 29 heavy (non-hydrogen) atoms. The maximum atomic E-state index is 12.3. The summed E-state index contributed by atoms with van der Waals surface area (Å²) in [6, 6.07) is 8.82. The Kier molecular flexibility index (Phi) is 5.70. The zero-order valence-electron chi connectivity index (χ0n) is 17.6. The van der Waals surface area contributed by atoms with Crippen molar-refractivity contribution in [1.29, 1.82) is 0 Å². The third-order valence-corrected chi connectivity index (χ3v) is 6.96. The zero-order chi connectivity index (χ0) is 20.4. The maximum absolute atomic E-state index is 12.3. The molecule has 158 valence electrons. The summed E-state index contributed by atoms with van der Waals surface area (Å²) < 4.78 is 0. The lowest BCUT2D eigenvalue weighted by molar-refractivity contribution is -0.123. The molecule has 1 heterocycles. The summed E-state index contributed by atoms with van der Waals surface area (Å²) in [5.74, 6) is 0.614. The number of rotatable bonds is 5. The first-order chi connectivity index (χ1) is 13.9. The fraction of sp³-hybridized carbons (Fsp3) is 0.652. The molecule has 3 amide bonds. The molecular weight excluding hydrogens is 364 g/mol. The van der Waals surface area contributed by atoms with E-state index in [4.69, 9.17) is 0 Å². The van der Waals surface area contributed by atoms with Gasteiger partial charge in [-0.25, -0.2) is 4.79 Å². The quantitative estimate of drug-likeness (QED) is 0.613. The van der Waals surface area contributed by atoms with Crippen molar-refractivity contribution in [3.8, 4) is 0 Å². The van der Waals surface area contributed by atoms with Gasteiger partial charge in [0.05, 0.1) is 0 Å². The zero-order valence-corrected chi connectivity index (χ0v) is 17.6. The minimum atomic E-state index is -0.451. The second-order valence-corrected chi connectivity index (χ2v) is 9.83. The lowest BCUT2D eigenvalue weighted by Gasteiger charge is -2.34. The van der Waals surface area contributed by atoms with Crippen molar-refractivity contribution in [2.24, 2.45) is 5.41 Å². The number of hydrogen-bond donors (Lipinski definition) is 4. The summed E-state index contributed by atoms with van der Waals surface area (Å²) in [4.78, 5) is 23.4. The van der Waals surface area contributed by atoms with E-state index < -0.39 is 6.04 Å². The number of carbonyl (C=O) groups is 2. The van der Waals surface area contributed by atoms with E-state index >= 15 is 0 Å². The van der Waals surface area contributed by atoms with Crippen LogP contribution in [0.5, 0.6) is 0 Å². The first-order valence-corrected chi connectivity index (χ1v) is 11.1. The predicted molar refractivity (Wildman–Crippen MR) is 115 cm³/mol. The van der Waals surface area contributed by atoms with Crippen LogP contribution >= 0.6 is 0 Å². The Morgan fingerprint density at radius 3 is 2.38 bits per heavy atom. The van der Waals surface area contributed by atoms with Crippen LogP contribution in [0.4, 0.5) is 10.5 Å². The van der Waals surface area contributed by atoms with E-state index in [0.29, 0.717) is 23.9 Å². The van der Waals surface area contributed by atoms with Crippen molar-refractivity contribution in [3.63, 3.8) is 0 Å². The number of anilines is 1. The molecule has 4 rings (SSSR count). The van der Waals surface area contributed by atoms with Gasteiger partial charge < -0.3 is 21.3 Å². The Labute approximate surface area is 173 Å². The number of benzene rings is 1. The predicted octanol–water partition coefficient (Wildman–Crippen LogP) is 3.50.